The zero-order chi connectivity index (χ0) is 19.0. The van der Waals surface area contributed by atoms with Crippen LogP contribution in [0, 0.1) is 0 Å². The second kappa shape index (κ2) is 6.97. The Kier molecular flexibility index (Phi) is 4.65. The molecule has 1 fully saturated rings. The molecule has 27 heavy (non-hydrogen) atoms. The standard InChI is InChI=1S/C24H29N3/c1-18(2)19-9-11-21(12-10-19)26-16-24(3,4)27(17-26)15-20-13-14-25-23-8-6-5-7-22(20)23/h5-14,18H,15-17H2,1-4H3. The van der Waals surface area contributed by atoms with Crippen LogP contribution in [0.4, 0.5) is 5.69 Å². The van der Waals surface area contributed by atoms with Crippen LogP contribution < -0.4 is 4.90 Å². The van der Waals surface area contributed by atoms with Crippen LogP contribution in [-0.4, -0.2) is 28.6 Å². The first-order valence-electron chi connectivity index (χ1n) is 9.87. The molecule has 140 valence electrons. The molecular formula is C24H29N3. The van der Waals surface area contributed by atoms with Gasteiger partial charge in [-0.15, -0.1) is 0 Å². The van der Waals surface area contributed by atoms with E-state index in [9.17, 15) is 0 Å². The molecule has 3 aromatic rings. The van der Waals surface area contributed by atoms with Crippen molar-refractivity contribution >= 4 is 16.6 Å². The van der Waals surface area contributed by atoms with Gasteiger partial charge in [0.15, 0.2) is 0 Å². The molecule has 0 aliphatic carbocycles. The Hall–Kier alpha value is -2.39. The quantitative estimate of drug-likeness (QED) is 0.620. The highest BCUT2D eigenvalue weighted by molar-refractivity contribution is 5.81. The maximum Gasteiger partial charge on any atom is 0.0715 e. The van der Waals surface area contributed by atoms with Crippen molar-refractivity contribution in [2.24, 2.45) is 0 Å². The van der Waals surface area contributed by atoms with Crippen molar-refractivity contribution in [1.29, 1.82) is 0 Å². The number of hydrogen-bond acceptors (Lipinski definition) is 3. The fraction of sp³-hybridized carbons (Fsp3) is 0.375. The Balaban J connectivity index is 1.57. The lowest BCUT2D eigenvalue weighted by Gasteiger charge is -2.29. The molecule has 1 saturated heterocycles. The predicted octanol–water partition coefficient (Wildman–Crippen LogP) is 5.42. The van der Waals surface area contributed by atoms with E-state index in [1.54, 1.807) is 0 Å². The van der Waals surface area contributed by atoms with E-state index in [0.717, 1.165) is 25.3 Å². The highest BCUT2D eigenvalue weighted by Crippen LogP contribution is 2.32. The van der Waals surface area contributed by atoms with E-state index in [4.69, 9.17) is 0 Å². The average Bonchev–Trinajstić information content (AvgIpc) is 2.96. The summed E-state index contributed by atoms with van der Waals surface area (Å²) < 4.78 is 0. The molecule has 0 atom stereocenters. The van der Waals surface area contributed by atoms with Gasteiger partial charge in [-0.05, 0) is 55.2 Å². The Morgan fingerprint density at radius 2 is 1.74 bits per heavy atom. The number of fused-ring (bicyclic) bond motifs is 1. The predicted molar refractivity (Wildman–Crippen MR) is 114 cm³/mol. The minimum atomic E-state index is 0.126. The Labute approximate surface area is 162 Å². The molecule has 2 aromatic carbocycles. The van der Waals surface area contributed by atoms with Gasteiger partial charge in [-0.25, -0.2) is 0 Å². The van der Waals surface area contributed by atoms with Crippen molar-refractivity contribution in [3.8, 4) is 0 Å². The molecule has 0 radical (unpaired) electrons. The van der Waals surface area contributed by atoms with Crippen LogP contribution in [0.15, 0.2) is 60.8 Å². The fourth-order valence-electron chi connectivity index (χ4n) is 4.02. The number of pyridine rings is 1. The van der Waals surface area contributed by atoms with Crippen LogP contribution in [0.5, 0.6) is 0 Å². The van der Waals surface area contributed by atoms with Gasteiger partial charge in [-0.3, -0.25) is 9.88 Å². The number of aromatic nitrogens is 1. The van der Waals surface area contributed by atoms with Crippen molar-refractivity contribution in [2.75, 3.05) is 18.1 Å². The van der Waals surface area contributed by atoms with Gasteiger partial charge in [0.25, 0.3) is 0 Å². The maximum absolute atomic E-state index is 4.51. The highest BCUT2D eigenvalue weighted by Gasteiger charge is 2.37. The smallest absolute Gasteiger partial charge is 0.0715 e. The molecule has 0 spiro atoms. The first kappa shape index (κ1) is 18.0. The van der Waals surface area contributed by atoms with Crippen molar-refractivity contribution in [3.05, 3.63) is 71.9 Å². The van der Waals surface area contributed by atoms with Crippen LogP contribution in [-0.2, 0) is 6.54 Å². The van der Waals surface area contributed by atoms with Gasteiger partial charge in [-0.2, -0.15) is 0 Å². The summed E-state index contributed by atoms with van der Waals surface area (Å²) in [7, 11) is 0. The SMILES string of the molecule is CC(C)c1ccc(N2CN(Cc3ccnc4ccccc34)C(C)(C)C2)cc1. The van der Waals surface area contributed by atoms with Gasteiger partial charge < -0.3 is 4.90 Å². The van der Waals surface area contributed by atoms with E-state index in [-0.39, 0.29) is 5.54 Å². The van der Waals surface area contributed by atoms with Gasteiger partial charge in [0.1, 0.15) is 0 Å². The van der Waals surface area contributed by atoms with E-state index < -0.39 is 0 Å². The highest BCUT2D eigenvalue weighted by atomic mass is 15.4. The zero-order valence-corrected chi connectivity index (χ0v) is 16.8. The number of rotatable bonds is 4. The van der Waals surface area contributed by atoms with Gasteiger partial charge in [0, 0.05) is 35.9 Å². The Bertz CT molecular complexity index is 923. The summed E-state index contributed by atoms with van der Waals surface area (Å²) in [5.74, 6) is 0.575. The third-order valence-electron chi connectivity index (χ3n) is 5.80. The normalized spacial score (nSPS) is 17.1. The van der Waals surface area contributed by atoms with Gasteiger partial charge >= 0.3 is 0 Å². The van der Waals surface area contributed by atoms with E-state index in [0.29, 0.717) is 5.92 Å². The first-order chi connectivity index (χ1) is 12.9. The first-order valence-corrected chi connectivity index (χ1v) is 9.87. The third kappa shape index (κ3) is 3.57. The van der Waals surface area contributed by atoms with Crippen LogP contribution in [0.3, 0.4) is 0 Å². The minimum Gasteiger partial charge on any atom is -0.357 e. The monoisotopic (exact) mass is 359 g/mol. The summed E-state index contributed by atoms with van der Waals surface area (Å²) in [6.07, 6.45) is 1.93. The lowest BCUT2D eigenvalue weighted by Crippen LogP contribution is -2.39. The minimum absolute atomic E-state index is 0.126. The summed E-state index contributed by atoms with van der Waals surface area (Å²) >= 11 is 0. The zero-order valence-electron chi connectivity index (χ0n) is 16.8. The van der Waals surface area contributed by atoms with Gasteiger partial charge in [0.05, 0.1) is 12.2 Å². The molecular weight excluding hydrogens is 330 g/mol. The molecule has 1 aliphatic rings. The maximum atomic E-state index is 4.51. The lowest BCUT2D eigenvalue weighted by atomic mass is 10.0. The summed E-state index contributed by atoms with van der Waals surface area (Å²) in [6.45, 7) is 12.1. The molecule has 3 heteroatoms. The van der Waals surface area contributed by atoms with Gasteiger partial charge in [0.2, 0.25) is 0 Å². The van der Waals surface area contributed by atoms with E-state index in [1.165, 1.54) is 22.2 Å². The number of benzene rings is 2. The molecule has 0 amide bonds. The summed E-state index contributed by atoms with van der Waals surface area (Å²) in [6, 6.07) is 19.7. The fourth-order valence-corrected chi connectivity index (χ4v) is 4.02. The van der Waals surface area contributed by atoms with Crippen LogP contribution in [0.1, 0.15) is 44.7 Å². The van der Waals surface area contributed by atoms with Crippen molar-refractivity contribution in [1.82, 2.24) is 9.88 Å². The van der Waals surface area contributed by atoms with E-state index >= 15 is 0 Å². The van der Waals surface area contributed by atoms with Crippen LogP contribution in [0.25, 0.3) is 10.9 Å². The van der Waals surface area contributed by atoms with Crippen LogP contribution >= 0.6 is 0 Å². The van der Waals surface area contributed by atoms with Crippen molar-refractivity contribution < 1.29 is 0 Å². The average molecular weight is 360 g/mol. The Morgan fingerprint density at radius 3 is 2.48 bits per heavy atom. The third-order valence-corrected chi connectivity index (χ3v) is 5.80. The summed E-state index contributed by atoms with van der Waals surface area (Å²) in [5.41, 5.74) is 5.27. The van der Waals surface area contributed by atoms with E-state index in [2.05, 4.69) is 97.1 Å². The molecule has 3 nitrogen and oxygen atoms in total. The summed E-state index contributed by atoms with van der Waals surface area (Å²) in [4.78, 5) is 9.58. The van der Waals surface area contributed by atoms with Crippen molar-refractivity contribution in [3.63, 3.8) is 0 Å². The molecule has 0 saturated carbocycles. The molecule has 1 aliphatic heterocycles. The topological polar surface area (TPSA) is 19.4 Å². The lowest BCUT2D eigenvalue weighted by molar-refractivity contribution is 0.176. The Morgan fingerprint density at radius 1 is 1.00 bits per heavy atom. The van der Waals surface area contributed by atoms with E-state index in [1.807, 2.05) is 6.20 Å². The van der Waals surface area contributed by atoms with Crippen LogP contribution in [0.2, 0.25) is 0 Å². The number of nitrogens with zero attached hydrogens (tertiary/aromatic N) is 3. The van der Waals surface area contributed by atoms with Crippen molar-refractivity contribution in [2.45, 2.75) is 45.7 Å². The molecule has 2 heterocycles. The molecule has 0 bridgehead atoms. The molecule has 4 rings (SSSR count). The van der Waals surface area contributed by atoms with Gasteiger partial charge in [-0.1, -0.05) is 44.2 Å². The molecule has 0 unspecified atom stereocenters. The largest absolute Gasteiger partial charge is 0.357 e. The number of anilines is 1. The second-order valence-corrected chi connectivity index (χ2v) is 8.58. The number of hydrogen-bond donors (Lipinski definition) is 0. The number of para-hydroxylation sites is 1. The molecule has 0 N–H and O–H groups in total. The second-order valence-electron chi connectivity index (χ2n) is 8.58. The summed E-state index contributed by atoms with van der Waals surface area (Å²) in [5, 5.41) is 1.26. The molecule has 1 aromatic heterocycles.